The minimum Gasteiger partial charge on any atom is -0.454 e. The molecule has 0 unspecified atom stereocenters. The number of benzene rings is 2. The maximum Gasteiger partial charge on any atom is 0.274 e. The fraction of sp³-hybridized carbons (Fsp3) is 0.0526. The summed E-state index contributed by atoms with van der Waals surface area (Å²) in [6.07, 6.45) is 1.52. The molecule has 2 aromatic carbocycles. The van der Waals surface area contributed by atoms with Gasteiger partial charge in [0.05, 0.1) is 5.02 Å². The lowest BCUT2D eigenvalue weighted by Gasteiger charge is -2.09. The van der Waals surface area contributed by atoms with Gasteiger partial charge in [-0.3, -0.25) is 9.78 Å². The van der Waals surface area contributed by atoms with Crippen molar-refractivity contribution in [3.05, 3.63) is 71.3 Å². The molecule has 1 aliphatic rings. The smallest absolute Gasteiger partial charge is 0.274 e. The van der Waals surface area contributed by atoms with Crippen LogP contribution in [0.15, 0.2) is 54.7 Å². The summed E-state index contributed by atoms with van der Waals surface area (Å²) in [6, 6.07) is 12.7. The van der Waals surface area contributed by atoms with Crippen LogP contribution in [0.1, 0.15) is 10.5 Å². The number of nitrogens with one attached hydrogen (secondary N) is 2. The van der Waals surface area contributed by atoms with E-state index in [1.807, 2.05) is 12.1 Å². The van der Waals surface area contributed by atoms with E-state index in [0.29, 0.717) is 22.9 Å². The second kappa shape index (κ2) is 7.13. The zero-order valence-electron chi connectivity index (χ0n) is 13.8. The summed E-state index contributed by atoms with van der Waals surface area (Å²) in [5, 5.41) is 5.75. The molecular weight excluding hydrogens is 373 g/mol. The predicted molar refractivity (Wildman–Crippen MR) is 99.4 cm³/mol. The number of rotatable bonds is 4. The predicted octanol–water partition coefficient (Wildman–Crippen LogP) is 4.60. The number of carbonyl (C=O) groups excluding carboxylic acids is 1. The number of aromatic nitrogens is 1. The molecule has 0 spiro atoms. The Balaban J connectivity index is 1.49. The van der Waals surface area contributed by atoms with Crippen molar-refractivity contribution >= 4 is 34.6 Å². The van der Waals surface area contributed by atoms with Gasteiger partial charge >= 0.3 is 0 Å². The fourth-order valence-corrected chi connectivity index (χ4v) is 2.72. The van der Waals surface area contributed by atoms with Crippen molar-refractivity contribution in [2.45, 2.75) is 0 Å². The highest BCUT2D eigenvalue weighted by Gasteiger charge is 2.14. The van der Waals surface area contributed by atoms with Crippen molar-refractivity contribution in [2.75, 3.05) is 17.4 Å². The van der Waals surface area contributed by atoms with E-state index in [0.717, 1.165) is 5.69 Å². The monoisotopic (exact) mass is 385 g/mol. The van der Waals surface area contributed by atoms with Crippen LogP contribution in [0, 0.1) is 5.82 Å². The number of nitrogens with zero attached hydrogens (tertiary/aromatic N) is 1. The summed E-state index contributed by atoms with van der Waals surface area (Å²) in [7, 11) is 0. The van der Waals surface area contributed by atoms with Gasteiger partial charge in [-0.2, -0.15) is 0 Å². The Kier molecular flexibility index (Phi) is 4.52. The quantitative estimate of drug-likeness (QED) is 0.686. The van der Waals surface area contributed by atoms with Crippen molar-refractivity contribution in [1.82, 2.24) is 4.98 Å². The third-order valence-electron chi connectivity index (χ3n) is 3.83. The molecule has 6 nitrogen and oxygen atoms in total. The van der Waals surface area contributed by atoms with Gasteiger partial charge in [0.2, 0.25) is 6.79 Å². The zero-order valence-corrected chi connectivity index (χ0v) is 14.6. The van der Waals surface area contributed by atoms with Crippen LogP contribution in [-0.2, 0) is 0 Å². The van der Waals surface area contributed by atoms with Gasteiger partial charge in [0.1, 0.15) is 11.5 Å². The molecule has 1 aliphatic heterocycles. The third-order valence-corrected chi connectivity index (χ3v) is 4.12. The van der Waals surface area contributed by atoms with Crippen molar-refractivity contribution in [2.24, 2.45) is 0 Å². The highest BCUT2D eigenvalue weighted by atomic mass is 35.5. The van der Waals surface area contributed by atoms with Gasteiger partial charge in [-0.05, 0) is 42.5 Å². The van der Waals surface area contributed by atoms with Crippen LogP contribution in [0.5, 0.6) is 11.5 Å². The minimum absolute atomic E-state index is 0.0704. The molecule has 0 atom stereocenters. The molecule has 2 heterocycles. The Morgan fingerprint density at radius 1 is 1.00 bits per heavy atom. The van der Waals surface area contributed by atoms with Crippen LogP contribution < -0.4 is 20.1 Å². The van der Waals surface area contributed by atoms with Crippen LogP contribution in [0.25, 0.3) is 0 Å². The van der Waals surface area contributed by atoms with E-state index >= 15 is 0 Å². The van der Waals surface area contributed by atoms with E-state index in [-0.39, 0.29) is 17.5 Å². The number of carbonyl (C=O) groups is 1. The van der Waals surface area contributed by atoms with Gasteiger partial charge in [-0.15, -0.1) is 0 Å². The molecule has 0 bridgehead atoms. The maximum atomic E-state index is 13.2. The average molecular weight is 386 g/mol. The Morgan fingerprint density at radius 3 is 2.63 bits per heavy atom. The lowest BCUT2D eigenvalue weighted by molar-refractivity contribution is 0.102. The molecule has 8 heteroatoms. The molecule has 0 saturated carbocycles. The lowest BCUT2D eigenvalue weighted by atomic mass is 10.2. The Labute approximate surface area is 158 Å². The van der Waals surface area contributed by atoms with Gasteiger partial charge in [-0.1, -0.05) is 11.6 Å². The van der Waals surface area contributed by atoms with Crippen LogP contribution in [0.3, 0.4) is 0 Å². The van der Waals surface area contributed by atoms with E-state index < -0.39 is 11.7 Å². The summed E-state index contributed by atoms with van der Waals surface area (Å²) in [5.41, 5.74) is 2.02. The molecule has 0 radical (unpaired) electrons. The van der Waals surface area contributed by atoms with Crippen LogP contribution in [0.4, 0.5) is 21.5 Å². The molecule has 1 aromatic heterocycles. The van der Waals surface area contributed by atoms with Crippen molar-refractivity contribution in [3.63, 3.8) is 0 Å². The first kappa shape index (κ1) is 17.1. The highest BCUT2D eigenvalue weighted by molar-refractivity contribution is 6.31. The second-order valence-corrected chi connectivity index (χ2v) is 6.11. The SMILES string of the molecule is O=C(Nc1ccc(F)c(Cl)c1)c1cc(Nc2ccc3c(c2)OCO3)ccn1. The van der Waals surface area contributed by atoms with Crippen molar-refractivity contribution in [1.29, 1.82) is 0 Å². The van der Waals surface area contributed by atoms with Gasteiger partial charge in [-0.25, -0.2) is 4.39 Å². The Hall–Kier alpha value is -3.32. The third kappa shape index (κ3) is 3.78. The average Bonchev–Trinajstić information content (AvgIpc) is 3.13. The molecule has 0 saturated heterocycles. The van der Waals surface area contributed by atoms with E-state index in [2.05, 4.69) is 15.6 Å². The van der Waals surface area contributed by atoms with Gasteiger partial charge in [0.25, 0.3) is 5.91 Å². The summed E-state index contributed by atoms with van der Waals surface area (Å²) in [6.45, 7) is 0.200. The molecule has 0 fully saturated rings. The first-order chi connectivity index (χ1) is 13.1. The number of ether oxygens (including phenoxy) is 2. The summed E-state index contributed by atoms with van der Waals surface area (Å²) in [5.74, 6) is 0.350. The zero-order chi connectivity index (χ0) is 18.8. The lowest BCUT2D eigenvalue weighted by Crippen LogP contribution is -2.13. The van der Waals surface area contributed by atoms with Gasteiger partial charge in [0.15, 0.2) is 11.5 Å². The maximum absolute atomic E-state index is 13.2. The normalized spacial score (nSPS) is 11.9. The van der Waals surface area contributed by atoms with Crippen LogP contribution in [-0.4, -0.2) is 17.7 Å². The molecule has 27 heavy (non-hydrogen) atoms. The number of halogens is 2. The number of fused-ring (bicyclic) bond motifs is 1. The first-order valence-corrected chi connectivity index (χ1v) is 8.35. The van der Waals surface area contributed by atoms with E-state index in [9.17, 15) is 9.18 Å². The standard InChI is InChI=1S/C19H13ClFN3O3/c20-14-7-11(1-3-15(14)21)24-19(25)16-8-13(5-6-22-16)23-12-2-4-17-18(9-12)27-10-26-17/h1-9H,10H2,(H,22,23)(H,24,25). The van der Waals surface area contributed by atoms with Crippen molar-refractivity contribution < 1.29 is 18.7 Å². The number of anilines is 3. The van der Waals surface area contributed by atoms with E-state index in [1.54, 1.807) is 18.2 Å². The summed E-state index contributed by atoms with van der Waals surface area (Å²) >= 11 is 5.73. The summed E-state index contributed by atoms with van der Waals surface area (Å²) < 4.78 is 23.8. The minimum atomic E-state index is -0.553. The highest BCUT2D eigenvalue weighted by Crippen LogP contribution is 2.35. The van der Waals surface area contributed by atoms with Gasteiger partial charge < -0.3 is 20.1 Å². The molecule has 0 aliphatic carbocycles. The van der Waals surface area contributed by atoms with Crippen LogP contribution >= 0.6 is 11.6 Å². The second-order valence-electron chi connectivity index (χ2n) is 5.71. The number of hydrogen-bond donors (Lipinski definition) is 2. The molecule has 3 aromatic rings. The largest absolute Gasteiger partial charge is 0.454 e. The Morgan fingerprint density at radius 2 is 1.78 bits per heavy atom. The molecule has 136 valence electrons. The van der Waals surface area contributed by atoms with E-state index in [1.165, 1.54) is 24.4 Å². The fourth-order valence-electron chi connectivity index (χ4n) is 2.54. The summed E-state index contributed by atoms with van der Waals surface area (Å²) in [4.78, 5) is 16.5. The van der Waals surface area contributed by atoms with Crippen LogP contribution in [0.2, 0.25) is 5.02 Å². The van der Waals surface area contributed by atoms with Crippen molar-refractivity contribution in [3.8, 4) is 11.5 Å². The van der Waals surface area contributed by atoms with Gasteiger partial charge in [0, 0.05) is 29.3 Å². The Bertz CT molecular complexity index is 1030. The molecule has 1 amide bonds. The topological polar surface area (TPSA) is 72.5 Å². The number of hydrogen-bond acceptors (Lipinski definition) is 5. The number of amides is 1. The first-order valence-electron chi connectivity index (χ1n) is 7.97. The van der Waals surface area contributed by atoms with E-state index in [4.69, 9.17) is 21.1 Å². The molecule has 2 N–H and O–H groups in total. The number of pyridine rings is 1. The molecular formula is C19H13ClFN3O3. The molecule has 4 rings (SSSR count).